The molecule has 0 unspecified atom stereocenters. The van der Waals surface area contributed by atoms with Gasteiger partial charge in [0.2, 0.25) is 5.91 Å². The molecule has 2 N–H and O–H groups in total. The average molecular weight is 347 g/mol. The monoisotopic (exact) mass is 347 g/mol. The molecule has 2 aromatic carbocycles. The third-order valence-electron chi connectivity index (χ3n) is 3.08. The third-order valence-corrected chi connectivity index (χ3v) is 5.50. The zero-order chi connectivity index (χ0) is 16.7. The van der Waals surface area contributed by atoms with Crippen LogP contribution in [0.1, 0.15) is 11.1 Å². The van der Waals surface area contributed by atoms with E-state index in [0.717, 1.165) is 20.9 Å². The maximum atomic E-state index is 11.3. The van der Waals surface area contributed by atoms with E-state index in [2.05, 4.69) is 5.32 Å². The van der Waals surface area contributed by atoms with Crippen molar-refractivity contribution in [2.75, 3.05) is 7.05 Å². The Morgan fingerprint density at radius 3 is 1.70 bits per heavy atom. The van der Waals surface area contributed by atoms with Crippen molar-refractivity contribution in [1.29, 1.82) is 0 Å². The molecule has 0 aliphatic rings. The van der Waals surface area contributed by atoms with E-state index in [1.54, 1.807) is 28.6 Å². The summed E-state index contributed by atoms with van der Waals surface area (Å²) in [6.07, 6.45) is 0.435. The van der Waals surface area contributed by atoms with Crippen molar-refractivity contribution in [3.63, 3.8) is 0 Å². The first kappa shape index (κ1) is 17.4. The molecule has 0 saturated heterocycles. The molecule has 6 heteroatoms. The first-order valence-electron chi connectivity index (χ1n) is 7.01. The highest BCUT2D eigenvalue weighted by atomic mass is 33.1. The van der Waals surface area contributed by atoms with Crippen LogP contribution in [0, 0.1) is 0 Å². The van der Waals surface area contributed by atoms with Crippen LogP contribution in [-0.4, -0.2) is 24.0 Å². The molecule has 0 fully saturated rings. The van der Waals surface area contributed by atoms with Crippen LogP contribution in [-0.2, 0) is 22.4 Å². The van der Waals surface area contributed by atoms with Crippen molar-refractivity contribution in [2.45, 2.75) is 22.6 Å². The predicted octanol–water partition coefficient (Wildman–Crippen LogP) is 3.40. The number of rotatable bonds is 7. The molecule has 0 aliphatic heterocycles. The number of amides is 1. The van der Waals surface area contributed by atoms with Gasteiger partial charge < -0.3 is 10.4 Å². The lowest BCUT2D eigenvalue weighted by Gasteiger charge is -2.04. The Morgan fingerprint density at radius 2 is 1.30 bits per heavy atom. The highest BCUT2D eigenvalue weighted by molar-refractivity contribution is 8.76. The van der Waals surface area contributed by atoms with Crippen LogP contribution in [0.3, 0.4) is 0 Å². The topological polar surface area (TPSA) is 66.4 Å². The minimum absolute atomic E-state index is 0.00114. The lowest BCUT2D eigenvalue weighted by Crippen LogP contribution is -2.19. The number of likely N-dealkylation sites (N-methyl/N-ethyl adjacent to an activating group) is 1. The van der Waals surface area contributed by atoms with E-state index in [0.29, 0.717) is 6.42 Å². The highest BCUT2D eigenvalue weighted by Gasteiger charge is 2.03. The molecule has 1 amide bonds. The van der Waals surface area contributed by atoms with Crippen LogP contribution in [0.4, 0.5) is 0 Å². The van der Waals surface area contributed by atoms with Crippen molar-refractivity contribution in [3.8, 4) is 0 Å². The van der Waals surface area contributed by atoms with Crippen molar-refractivity contribution < 1.29 is 14.7 Å². The zero-order valence-corrected chi connectivity index (χ0v) is 14.2. The van der Waals surface area contributed by atoms with Gasteiger partial charge in [-0.15, -0.1) is 0 Å². The molecule has 0 bridgehead atoms. The number of aliphatic carboxylic acids is 1. The molecule has 0 atom stereocenters. The van der Waals surface area contributed by atoms with Gasteiger partial charge in [0, 0.05) is 16.8 Å². The quantitative estimate of drug-likeness (QED) is 0.752. The van der Waals surface area contributed by atoms with Gasteiger partial charge >= 0.3 is 5.97 Å². The predicted molar refractivity (Wildman–Crippen MR) is 93.7 cm³/mol. The van der Waals surface area contributed by atoms with E-state index < -0.39 is 5.97 Å². The molecule has 0 saturated carbocycles. The Kier molecular flexibility index (Phi) is 6.55. The summed E-state index contributed by atoms with van der Waals surface area (Å²) in [5.74, 6) is -0.821. The Labute approximate surface area is 143 Å². The summed E-state index contributed by atoms with van der Waals surface area (Å²) in [7, 11) is 4.87. The Bertz CT molecular complexity index is 669. The highest BCUT2D eigenvalue weighted by Crippen LogP contribution is 2.37. The molecular weight excluding hydrogens is 330 g/mol. The summed E-state index contributed by atoms with van der Waals surface area (Å²) >= 11 is 0. The lowest BCUT2D eigenvalue weighted by atomic mass is 10.1. The Balaban J connectivity index is 1.88. The van der Waals surface area contributed by atoms with Crippen LogP contribution in [0.25, 0.3) is 0 Å². The molecule has 23 heavy (non-hydrogen) atoms. The van der Waals surface area contributed by atoms with E-state index in [-0.39, 0.29) is 12.3 Å². The number of carboxylic acids is 1. The largest absolute Gasteiger partial charge is 0.481 e. The normalized spacial score (nSPS) is 10.3. The van der Waals surface area contributed by atoms with Gasteiger partial charge in [0.1, 0.15) is 0 Å². The van der Waals surface area contributed by atoms with E-state index in [9.17, 15) is 9.59 Å². The van der Waals surface area contributed by atoms with Gasteiger partial charge in [-0.05, 0) is 35.4 Å². The van der Waals surface area contributed by atoms with Crippen molar-refractivity contribution in [1.82, 2.24) is 5.32 Å². The number of benzene rings is 2. The van der Waals surface area contributed by atoms with Crippen LogP contribution < -0.4 is 5.32 Å². The van der Waals surface area contributed by atoms with Crippen LogP contribution in [0.15, 0.2) is 58.3 Å². The molecule has 0 heterocycles. The van der Waals surface area contributed by atoms with E-state index in [1.807, 2.05) is 48.5 Å². The molecular formula is C17H17NO3S2. The number of carboxylic acid groups (broad SMARTS) is 1. The average Bonchev–Trinajstić information content (AvgIpc) is 2.55. The van der Waals surface area contributed by atoms with Crippen LogP contribution in [0.2, 0.25) is 0 Å². The number of carbonyl (C=O) groups excluding carboxylic acids is 1. The Hall–Kier alpha value is -1.92. The lowest BCUT2D eigenvalue weighted by molar-refractivity contribution is -0.136. The second-order valence-electron chi connectivity index (χ2n) is 4.88. The fourth-order valence-electron chi connectivity index (χ4n) is 1.87. The molecule has 0 spiro atoms. The molecule has 0 aromatic heterocycles. The molecule has 120 valence electrons. The van der Waals surface area contributed by atoms with Gasteiger partial charge in [-0.1, -0.05) is 45.9 Å². The molecule has 4 nitrogen and oxygen atoms in total. The number of hydrogen-bond donors (Lipinski definition) is 2. The fraction of sp³-hybridized carbons (Fsp3) is 0.176. The van der Waals surface area contributed by atoms with Crippen molar-refractivity contribution in [3.05, 3.63) is 59.7 Å². The summed E-state index contributed by atoms with van der Waals surface area (Å²) in [5.41, 5.74) is 1.78. The van der Waals surface area contributed by atoms with Gasteiger partial charge in [0.25, 0.3) is 0 Å². The second kappa shape index (κ2) is 8.64. The van der Waals surface area contributed by atoms with Gasteiger partial charge in [0.15, 0.2) is 0 Å². The summed E-state index contributed by atoms with van der Waals surface area (Å²) in [4.78, 5) is 24.1. The second-order valence-corrected chi connectivity index (χ2v) is 7.15. The van der Waals surface area contributed by atoms with Crippen LogP contribution >= 0.6 is 21.6 Å². The summed E-state index contributed by atoms with van der Waals surface area (Å²) in [6, 6.07) is 15.4. The maximum Gasteiger partial charge on any atom is 0.307 e. The number of carbonyl (C=O) groups is 2. The Morgan fingerprint density at radius 1 is 0.870 bits per heavy atom. The standard InChI is InChI=1S/C17H17NO3S2/c1-18-16(19)10-12-2-6-14(7-3-12)22-23-15-8-4-13(5-9-15)11-17(20)21/h2-9H,10-11H2,1H3,(H,18,19)(H,20,21). The van der Waals surface area contributed by atoms with Crippen LogP contribution in [0.5, 0.6) is 0 Å². The summed E-state index contributed by atoms with van der Waals surface area (Å²) in [6.45, 7) is 0. The third kappa shape index (κ3) is 6.00. The minimum atomic E-state index is -0.823. The van der Waals surface area contributed by atoms with E-state index >= 15 is 0 Å². The van der Waals surface area contributed by atoms with Crippen molar-refractivity contribution in [2.24, 2.45) is 0 Å². The molecule has 2 rings (SSSR count). The van der Waals surface area contributed by atoms with E-state index in [4.69, 9.17) is 5.11 Å². The molecule has 0 aliphatic carbocycles. The zero-order valence-electron chi connectivity index (χ0n) is 12.6. The SMILES string of the molecule is CNC(=O)Cc1ccc(SSc2ccc(CC(=O)O)cc2)cc1. The number of nitrogens with one attached hydrogen (secondary N) is 1. The van der Waals surface area contributed by atoms with Gasteiger partial charge in [0.05, 0.1) is 12.8 Å². The van der Waals surface area contributed by atoms with Crippen molar-refractivity contribution >= 4 is 33.5 Å². The molecule has 0 radical (unpaired) electrons. The summed E-state index contributed by atoms with van der Waals surface area (Å²) < 4.78 is 0. The summed E-state index contributed by atoms with van der Waals surface area (Å²) in [5, 5.41) is 11.4. The van der Waals surface area contributed by atoms with E-state index in [1.165, 1.54) is 0 Å². The van der Waals surface area contributed by atoms with Gasteiger partial charge in [-0.2, -0.15) is 0 Å². The fourth-order valence-corrected chi connectivity index (χ4v) is 3.80. The molecule has 2 aromatic rings. The minimum Gasteiger partial charge on any atom is -0.481 e. The first-order valence-corrected chi connectivity index (χ1v) is 9.16. The smallest absolute Gasteiger partial charge is 0.307 e. The maximum absolute atomic E-state index is 11.3. The number of hydrogen-bond acceptors (Lipinski definition) is 4. The first-order chi connectivity index (χ1) is 11.1. The van der Waals surface area contributed by atoms with Gasteiger partial charge in [-0.25, -0.2) is 0 Å². The van der Waals surface area contributed by atoms with Gasteiger partial charge in [-0.3, -0.25) is 9.59 Å².